The van der Waals surface area contributed by atoms with Gasteiger partial charge in [-0.1, -0.05) is 17.4 Å². The summed E-state index contributed by atoms with van der Waals surface area (Å²) in [6.07, 6.45) is 0. The van der Waals surface area contributed by atoms with E-state index in [1.54, 1.807) is 11.4 Å². The van der Waals surface area contributed by atoms with Crippen LogP contribution >= 0.6 is 22.7 Å². The van der Waals surface area contributed by atoms with Crippen molar-refractivity contribution in [1.82, 2.24) is 4.98 Å². The second-order valence-electron chi connectivity index (χ2n) is 7.25. The maximum atomic E-state index is 13.8. The number of nitrogens with zero attached hydrogens (tertiary/aromatic N) is 2. The molecule has 2 heterocycles. The molecule has 37 heavy (non-hydrogen) atoms. The molecular formula is C22H16F3N3O6S3. The Kier molecular flexibility index (Phi) is 7.65. The van der Waals surface area contributed by atoms with E-state index in [2.05, 4.69) is 10.3 Å². The summed E-state index contributed by atoms with van der Waals surface area (Å²) in [4.78, 5) is 27.6. The first-order chi connectivity index (χ1) is 17.6. The number of halogens is 3. The molecule has 0 aliphatic carbocycles. The molecule has 4 aromatic rings. The number of benzene rings is 2. The number of nitrogens with one attached hydrogen (secondary N) is 1. The van der Waals surface area contributed by atoms with E-state index in [0.29, 0.717) is 17.0 Å². The van der Waals surface area contributed by atoms with Gasteiger partial charge in [-0.25, -0.2) is 31.4 Å². The molecule has 2 aromatic heterocycles. The normalized spacial score (nSPS) is 11.4. The first kappa shape index (κ1) is 26.4. The maximum Gasteiger partial charge on any atom is 0.344 e. The standard InChI is InChI=1S/C22H16F3N3O6S3/c1-28(37(31,32)18-3-2-8-35-18)12-4-6-13(7-5-12)33-11-17(30)34-10-16(29)26-22-27-21-15(36-22)9-14(23)19(24)20(21)25/h2-9H,10-11H2,1H3,(H,26,27,29). The fourth-order valence-electron chi connectivity index (χ4n) is 2.95. The lowest BCUT2D eigenvalue weighted by molar-refractivity contribution is -0.149. The Labute approximate surface area is 216 Å². The molecule has 0 aliphatic heterocycles. The molecule has 1 N–H and O–H groups in total. The number of hydrogen-bond acceptors (Lipinski definition) is 9. The topological polar surface area (TPSA) is 115 Å². The highest BCUT2D eigenvalue weighted by molar-refractivity contribution is 7.94. The molecule has 0 bridgehead atoms. The SMILES string of the molecule is CN(c1ccc(OCC(=O)OCC(=O)Nc2nc3c(F)c(F)c(F)cc3s2)cc1)S(=O)(=O)c1cccs1. The van der Waals surface area contributed by atoms with Gasteiger partial charge in [0, 0.05) is 7.05 Å². The van der Waals surface area contributed by atoms with Crippen LogP contribution in [-0.4, -0.2) is 45.5 Å². The Hall–Kier alpha value is -3.69. The van der Waals surface area contributed by atoms with Gasteiger partial charge in [-0.2, -0.15) is 0 Å². The molecule has 15 heteroatoms. The van der Waals surface area contributed by atoms with E-state index in [1.165, 1.54) is 37.4 Å². The van der Waals surface area contributed by atoms with Crippen LogP contribution in [0.2, 0.25) is 0 Å². The van der Waals surface area contributed by atoms with Crippen LogP contribution in [0.1, 0.15) is 0 Å². The summed E-state index contributed by atoms with van der Waals surface area (Å²) in [5.41, 5.74) is -0.0638. The highest BCUT2D eigenvalue weighted by Gasteiger charge is 2.22. The van der Waals surface area contributed by atoms with Crippen LogP contribution in [0, 0.1) is 17.5 Å². The molecule has 9 nitrogen and oxygen atoms in total. The average molecular weight is 572 g/mol. The summed E-state index contributed by atoms with van der Waals surface area (Å²) >= 11 is 1.81. The molecule has 0 radical (unpaired) electrons. The minimum atomic E-state index is -3.70. The molecule has 4 rings (SSSR count). The Balaban J connectivity index is 1.26. The number of fused-ring (bicyclic) bond motifs is 1. The number of amides is 1. The fourth-order valence-corrected chi connectivity index (χ4v) is 6.21. The van der Waals surface area contributed by atoms with Gasteiger partial charge in [0.15, 0.2) is 35.8 Å². The number of hydrogen-bond donors (Lipinski definition) is 1. The number of carbonyl (C=O) groups excluding carboxylic acids is 2. The maximum absolute atomic E-state index is 13.8. The zero-order chi connectivity index (χ0) is 26.7. The van der Waals surface area contributed by atoms with E-state index in [-0.39, 0.29) is 19.8 Å². The summed E-state index contributed by atoms with van der Waals surface area (Å²) in [6.45, 7) is -1.26. The summed E-state index contributed by atoms with van der Waals surface area (Å²) in [5, 5.41) is 3.77. The number of aromatic nitrogens is 1. The second-order valence-corrected chi connectivity index (χ2v) is 11.4. The van der Waals surface area contributed by atoms with Crippen LogP contribution in [0.4, 0.5) is 24.0 Å². The predicted octanol–water partition coefficient (Wildman–Crippen LogP) is 4.16. The second kappa shape index (κ2) is 10.7. The number of esters is 1. The van der Waals surface area contributed by atoms with Crippen LogP contribution < -0.4 is 14.4 Å². The van der Waals surface area contributed by atoms with Crippen molar-refractivity contribution in [3.05, 3.63) is 65.3 Å². The Morgan fingerprint density at radius 3 is 2.49 bits per heavy atom. The summed E-state index contributed by atoms with van der Waals surface area (Å²) < 4.78 is 77.0. The first-order valence-corrected chi connectivity index (χ1v) is 13.3. The molecule has 194 valence electrons. The molecule has 0 saturated carbocycles. The van der Waals surface area contributed by atoms with Gasteiger partial charge in [0.2, 0.25) is 0 Å². The monoisotopic (exact) mass is 571 g/mol. The van der Waals surface area contributed by atoms with Crippen LogP contribution in [0.15, 0.2) is 52.1 Å². The van der Waals surface area contributed by atoms with Crippen molar-refractivity contribution in [3.63, 3.8) is 0 Å². The predicted molar refractivity (Wildman–Crippen MR) is 131 cm³/mol. The van der Waals surface area contributed by atoms with Crippen molar-refractivity contribution in [2.24, 2.45) is 0 Å². The Morgan fingerprint density at radius 1 is 1.08 bits per heavy atom. The lowest BCUT2D eigenvalue weighted by atomic mass is 10.3. The zero-order valence-electron chi connectivity index (χ0n) is 18.7. The van der Waals surface area contributed by atoms with Crippen molar-refractivity contribution < 1.29 is 40.7 Å². The average Bonchev–Trinajstić information content (AvgIpc) is 3.56. The molecule has 2 aromatic carbocycles. The highest BCUT2D eigenvalue weighted by atomic mass is 32.2. The van der Waals surface area contributed by atoms with Gasteiger partial charge in [0.1, 0.15) is 15.5 Å². The van der Waals surface area contributed by atoms with E-state index in [4.69, 9.17) is 9.47 Å². The number of carbonyl (C=O) groups is 2. The fraction of sp³-hybridized carbons (Fsp3) is 0.136. The third-order valence-corrected chi connectivity index (χ3v) is 8.88. The Morgan fingerprint density at radius 2 is 1.81 bits per heavy atom. The van der Waals surface area contributed by atoms with Crippen molar-refractivity contribution >= 4 is 65.6 Å². The highest BCUT2D eigenvalue weighted by Crippen LogP contribution is 2.30. The number of ether oxygens (including phenoxy) is 2. The number of rotatable bonds is 9. The summed E-state index contributed by atoms with van der Waals surface area (Å²) in [5.74, 6) is -5.97. The molecular weight excluding hydrogens is 555 g/mol. The van der Waals surface area contributed by atoms with Crippen LogP contribution in [0.25, 0.3) is 10.2 Å². The van der Waals surface area contributed by atoms with Gasteiger partial charge in [-0.15, -0.1) is 11.3 Å². The molecule has 0 spiro atoms. The number of anilines is 2. The summed E-state index contributed by atoms with van der Waals surface area (Å²) in [7, 11) is -2.28. The zero-order valence-corrected chi connectivity index (χ0v) is 21.2. The minimum absolute atomic E-state index is 0.0153. The number of thiazole rings is 1. The Bertz CT molecular complexity index is 1560. The van der Waals surface area contributed by atoms with Gasteiger partial charge >= 0.3 is 5.97 Å². The third kappa shape index (κ3) is 5.84. The van der Waals surface area contributed by atoms with Gasteiger partial charge < -0.3 is 9.47 Å². The van der Waals surface area contributed by atoms with E-state index in [0.717, 1.165) is 21.7 Å². The quantitative estimate of drug-likeness (QED) is 0.237. The number of thiophene rings is 1. The van der Waals surface area contributed by atoms with Crippen molar-refractivity contribution in [2.45, 2.75) is 4.21 Å². The van der Waals surface area contributed by atoms with Crippen molar-refractivity contribution in [2.75, 3.05) is 29.9 Å². The molecule has 0 saturated heterocycles. The van der Waals surface area contributed by atoms with Gasteiger partial charge in [-0.05, 0) is 41.8 Å². The van der Waals surface area contributed by atoms with Crippen LogP contribution in [0.5, 0.6) is 5.75 Å². The van der Waals surface area contributed by atoms with E-state index in [9.17, 15) is 31.2 Å². The van der Waals surface area contributed by atoms with E-state index in [1.807, 2.05) is 0 Å². The lowest BCUT2D eigenvalue weighted by Gasteiger charge is -2.18. The minimum Gasteiger partial charge on any atom is -0.482 e. The largest absolute Gasteiger partial charge is 0.482 e. The van der Waals surface area contributed by atoms with Crippen molar-refractivity contribution in [3.8, 4) is 5.75 Å². The van der Waals surface area contributed by atoms with Crippen LogP contribution in [-0.2, 0) is 24.3 Å². The van der Waals surface area contributed by atoms with Gasteiger partial charge in [0.25, 0.3) is 15.9 Å². The van der Waals surface area contributed by atoms with Gasteiger partial charge in [0.05, 0.1) is 10.4 Å². The van der Waals surface area contributed by atoms with Crippen molar-refractivity contribution in [1.29, 1.82) is 0 Å². The first-order valence-electron chi connectivity index (χ1n) is 10.2. The molecule has 1 amide bonds. The summed E-state index contributed by atoms with van der Waals surface area (Å²) in [6, 6.07) is 9.82. The van der Waals surface area contributed by atoms with E-state index >= 15 is 0 Å². The molecule has 0 unspecified atom stereocenters. The van der Waals surface area contributed by atoms with Gasteiger partial charge in [-0.3, -0.25) is 14.4 Å². The smallest absolute Gasteiger partial charge is 0.344 e. The van der Waals surface area contributed by atoms with Crippen LogP contribution in [0.3, 0.4) is 0 Å². The lowest BCUT2D eigenvalue weighted by Crippen LogP contribution is -2.25. The van der Waals surface area contributed by atoms with E-state index < -0.39 is 58.1 Å². The molecule has 0 aliphatic rings. The molecule has 0 fully saturated rings. The molecule has 0 atom stereocenters. The number of sulfonamides is 1. The third-order valence-electron chi connectivity index (χ3n) is 4.80.